The summed E-state index contributed by atoms with van der Waals surface area (Å²) in [5, 5.41) is 11.1. The number of esters is 1. The normalized spacial score (nSPS) is 10.5. The molecule has 0 spiro atoms. The minimum atomic E-state index is -0.982. The second kappa shape index (κ2) is 18.1. The highest BCUT2D eigenvalue weighted by Crippen LogP contribution is 1.91. The molecule has 0 fully saturated rings. The van der Waals surface area contributed by atoms with Gasteiger partial charge in [-0.1, -0.05) is 6.92 Å². The SMILES string of the molecule is CCCC(=O)OCCOCCOCCOCCCNC(=O)CCC(=O)O. The highest BCUT2D eigenvalue weighted by atomic mass is 16.6. The van der Waals surface area contributed by atoms with Crippen LogP contribution in [0, 0.1) is 0 Å². The van der Waals surface area contributed by atoms with E-state index in [9.17, 15) is 14.4 Å². The lowest BCUT2D eigenvalue weighted by Crippen LogP contribution is -2.25. The first-order chi connectivity index (χ1) is 12.6. The highest BCUT2D eigenvalue weighted by molar-refractivity contribution is 5.80. The fraction of sp³-hybridized carbons (Fsp3) is 0.824. The van der Waals surface area contributed by atoms with E-state index in [0.29, 0.717) is 59.0 Å². The lowest BCUT2D eigenvalue weighted by molar-refractivity contribution is -0.145. The van der Waals surface area contributed by atoms with Crippen LogP contribution in [0.5, 0.6) is 0 Å². The van der Waals surface area contributed by atoms with Crippen molar-refractivity contribution in [3.63, 3.8) is 0 Å². The zero-order chi connectivity index (χ0) is 19.5. The molecule has 9 heteroatoms. The first-order valence-electron chi connectivity index (χ1n) is 8.93. The Labute approximate surface area is 154 Å². The smallest absolute Gasteiger partial charge is 0.305 e. The van der Waals surface area contributed by atoms with Gasteiger partial charge in [0.25, 0.3) is 0 Å². The molecule has 0 unspecified atom stereocenters. The summed E-state index contributed by atoms with van der Waals surface area (Å²) in [4.78, 5) is 32.6. The first kappa shape index (κ1) is 24.3. The molecule has 152 valence electrons. The van der Waals surface area contributed by atoms with Crippen molar-refractivity contribution in [2.75, 3.05) is 52.8 Å². The van der Waals surface area contributed by atoms with Crippen LogP contribution in [-0.2, 0) is 33.3 Å². The number of nitrogens with one attached hydrogen (secondary N) is 1. The zero-order valence-corrected chi connectivity index (χ0v) is 15.5. The van der Waals surface area contributed by atoms with Gasteiger partial charge in [-0.2, -0.15) is 0 Å². The molecule has 0 aliphatic carbocycles. The number of ether oxygens (including phenoxy) is 4. The summed E-state index contributed by atoms with van der Waals surface area (Å²) in [7, 11) is 0. The Morgan fingerprint density at radius 1 is 0.808 bits per heavy atom. The number of hydrogen-bond donors (Lipinski definition) is 2. The van der Waals surface area contributed by atoms with E-state index in [2.05, 4.69) is 5.32 Å². The monoisotopic (exact) mass is 377 g/mol. The van der Waals surface area contributed by atoms with Crippen LogP contribution in [0.4, 0.5) is 0 Å². The average Bonchev–Trinajstić information content (AvgIpc) is 2.60. The summed E-state index contributed by atoms with van der Waals surface area (Å²) < 4.78 is 20.9. The predicted octanol–water partition coefficient (Wildman–Crippen LogP) is 0.751. The van der Waals surface area contributed by atoms with Gasteiger partial charge >= 0.3 is 11.9 Å². The van der Waals surface area contributed by atoms with E-state index < -0.39 is 5.97 Å². The molecule has 0 aliphatic heterocycles. The molecular weight excluding hydrogens is 346 g/mol. The van der Waals surface area contributed by atoms with Gasteiger partial charge in [-0.05, 0) is 12.8 Å². The standard InChI is InChI=1S/C17H31NO8/c1-2-4-17(22)26-14-13-25-12-11-24-10-9-23-8-3-7-18-15(19)5-6-16(20)21/h2-14H2,1H3,(H,18,19)(H,20,21). The van der Waals surface area contributed by atoms with E-state index in [1.165, 1.54) is 0 Å². The second-order valence-corrected chi connectivity index (χ2v) is 5.40. The largest absolute Gasteiger partial charge is 0.481 e. The predicted molar refractivity (Wildman–Crippen MR) is 92.8 cm³/mol. The molecule has 9 nitrogen and oxygen atoms in total. The lowest BCUT2D eigenvalue weighted by Gasteiger charge is -2.08. The Morgan fingerprint density at radius 2 is 1.38 bits per heavy atom. The molecule has 26 heavy (non-hydrogen) atoms. The molecule has 0 rings (SSSR count). The quantitative estimate of drug-likeness (QED) is 0.265. The van der Waals surface area contributed by atoms with Crippen molar-refractivity contribution in [1.29, 1.82) is 0 Å². The summed E-state index contributed by atoms with van der Waals surface area (Å²) in [5.41, 5.74) is 0. The van der Waals surface area contributed by atoms with Crippen molar-refractivity contribution in [2.24, 2.45) is 0 Å². The molecule has 0 aromatic heterocycles. The van der Waals surface area contributed by atoms with E-state index in [1.54, 1.807) is 0 Å². The minimum absolute atomic E-state index is 0.00667. The number of carbonyl (C=O) groups is 3. The number of rotatable bonds is 18. The van der Waals surface area contributed by atoms with Gasteiger partial charge in [-0.25, -0.2) is 0 Å². The molecule has 0 saturated heterocycles. The van der Waals surface area contributed by atoms with E-state index >= 15 is 0 Å². The van der Waals surface area contributed by atoms with Crippen LogP contribution in [0.15, 0.2) is 0 Å². The van der Waals surface area contributed by atoms with Crippen molar-refractivity contribution >= 4 is 17.8 Å². The number of carbonyl (C=O) groups excluding carboxylic acids is 2. The molecule has 1 amide bonds. The molecule has 0 atom stereocenters. The molecular formula is C17H31NO8. The Bertz CT molecular complexity index is 389. The fourth-order valence-electron chi connectivity index (χ4n) is 1.74. The summed E-state index contributed by atoms with van der Waals surface area (Å²) in [5.74, 6) is -1.45. The van der Waals surface area contributed by atoms with Gasteiger partial charge in [0.1, 0.15) is 6.61 Å². The van der Waals surface area contributed by atoms with E-state index in [0.717, 1.165) is 6.42 Å². The summed E-state index contributed by atoms with van der Waals surface area (Å²) >= 11 is 0. The van der Waals surface area contributed by atoms with Crippen LogP contribution in [0.25, 0.3) is 0 Å². The molecule has 0 radical (unpaired) electrons. The fourth-order valence-corrected chi connectivity index (χ4v) is 1.74. The van der Waals surface area contributed by atoms with Crippen LogP contribution in [0.2, 0.25) is 0 Å². The third kappa shape index (κ3) is 18.6. The van der Waals surface area contributed by atoms with Crippen LogP contribution < -0.4 is 5.32 Å². The third-order valence-electron chi connectivity index (χ3n) is 3.04. The van der Waals surface area contributed by atoms with Crippen LogP contribution in [0.3, 0.4) is 0 Å². The summed E-state index contributed by atoms with van der Waals surface area (Å²) in [6.45, 7) is 5.23. The molecule has 0 aromatic carbocycles. The van der Waals surface area contributed by atoms with Crippen molar-refractivity contribution in [3.8, 4) is 0 Å². The Kier molecular flexibility index (Phi) is 16.9. The highest BCUT2D eigenvalue weighted by Gasteiger charge is 2.04. The summed E-state index contributed by atoms with van der Waals surface area (Å²) in [6, 6.07) is 0. The number of carboxylic acid groups (broad SMARTS) is 1. The maximum atomic E-state index is 11.2. The Balaban J connectivity index is 3.16. The van der Waals surface area contributed by atoms with Crippen LogP contribution in [-0.4, -0.2) is 75.7 Å². The molecule has 0 aromatic rings. The van der Waals surface area contributed by atoms with Gasteiger partial charge in [0.2, 0.25) is 5.91 Å². The Hall–Kier alpha value is -1.71. The molecule has 2 N–H and O–H groups in total. The van der Waals surface area contributed by atoms with Crippen molar-refractivity contribution in [1.82, 2.24) is 5.32 Å². The van der Waals surface area contributed by atoms with Crippen molar-refractivity contribution in [3.05, 3.63) is 0 Å². The van der Waals surface area contributed by atoms with E-state index in [4.69, 9.17) is 24.1 Å². The maximum Gasteiger partial charge on any atom is 0.305 e. The Morgan fingerprint density at radius 3 is 1.96 bits per heavy atom. The summed E-state index contributed by atoms with van der Waals surface area (Å²) in [6.07, 6.45) is 1.69. The number of amides is 1. The molecule has 0 bridgehead atoms. The number of aliphatic carboxylic acids is 1. The van der Waals surface area contributed by atoms with Gasteiger partial charge in [0.15, 0.2) is 0 Å². The minimum Gasteiger partial charge on any atom is -0.481 e. The van der Waals surface area contributed by atoms with Crippen LogP contribution >= 0.6 is 0 Å². The van der Waals surface area contributed by atoms with Crippen molar-refractivity contribution in [2.45, 2.75) is 39.0 Å². The van der Waals surface area contributed by atoms with Gasteiger partial charge in [0, 0.05) is 26.0 Å². The topological polar surface area (TPSA) is 120 Å². The third-order valence-corrected chi connectivity index (χ3v) is 3.04. The first-order valence-corrected chi connectivity index (χ1v) is 8.93. The van der Waals surface area contributed by atoms with Gasteiger partial charge < -0.3 is 29.4 Å². The van der Waals surface area contributed by atoms with Crippen LogP contribution in [0.1, 0.15) is 39.0 Å². The lowest BCUT2D eigenvalue weighted by atomic mass is 10.3. The number of carboxylic acids is 1. The van der Waals surface area contributed by atoms with E-state index in [1.807, 2.05) is 6.92 Å². The average molecular weight is 377 g/mol. The molecule has 0 heterocycles. The van der Waals surface area contributed by atoms with Gasteiger partial charge in [-0.15, -0.1) is 0 Å². The van der Waals surface area contributed by atoms with Gasteiger partial charge in [0.05, 0.1) is 39.5 Å². The van der Waals surface area contributed by atoms with E-state index in [-0.39, 0.29) is 31.3 Å². The molecule has 0 aliphatic rings. The zero-order valence-electron chi connectivity index (χ0n) is 15.5. The number of hydrogen-bond acceptors (Lipinski definition) is 7. The maximum absolute atomic E-state index is 11.2. The van der Waals surface area contributed by atoms with Crippen molar-refractivity contribution < 1.29 is 38.4 Å². The second-order valence-electron chi connectivity index (χ2n) is 5.40. The molecule has 0 saturated carbocycles. The van der Waals surface area contributed by atoms with Gasteiger partial charge in [-0.3, -0.25) is 14.4 Å².